The molecule has 0 aliphatic carbocycles. The first-order chi connectivity index (χ1) is 4.86. The van der Waals surface area contributed by atoms with Gasteiger partial charge in [-0.25, -0.2) is 9.97 Å². The average Bonchev–Trinajstić information content (AvgIpc) is 2.27. The molecule has 0 aromatic heterocycles. The predicted octanol–water partition coefficient (Wildman–Crippen LogP) is 0.878. The maximum absolute atomic E-state index is 4.58. The zero-order valence-corrected chi connectivity index (χ0v) is 5.40. The van der Waals surface area contributed by atoms with Crippen LogP contribution in [0.3, 0.4) is 0 Å². The van der Waals surface area contributed by atoms with Crippen molar-refractivity contribution in [1.82, 2.24) is 15.1 Å². The summed E-state index contributed by atoms with van der Waals surface area (Å²) in [6.45, 7) is 1.89. The first kappa shape index (κ1) is 5.34. The second-order valence-corrected chi connectivity index (χ2v) is 2.04. The van der Waals surface area contributed by atoms with Gasteiger partial charge in [-0.3, -0.25) is 0 Å². The van der Waals surface area contributed by atoms with Crippen molar-refractivity contribution in [3.05, 3.63) is 18.2 Å². The van der Waals surface area contributed by atoms with Crippen LogP contribution in [0.5, 0.6) is 0 Å². The fourth-order valence-corrected chi connectivity index (χ4v) is 0.835. The minimum absolute atomic E-state index is 0.569. The summed E-state index contributed by atoms with van der Waals surface area (Å²) in [7, 11) is 0. The predicted molar refractivity (Wildman–Crippen MR) is 33.5 cm³/mol. The van der Waals surface area contributed by atoms with Crippen molar-refractivity contribution in [2.45, 2.75) is 6.92 Å². The second kappa shape index (κ2) is 1.76. The van der Waals surface area contributed by atoms with Gasteiger partial charge in [-0.15, -0.1) is 0 Å². The van der Waals surface area contributed by atoms with Crippen LogP contribution in [0.4, 0.5) is 0 Å². The Kier molecular flexibility index (Phi) is 0.943. The number of fused-ring (bicyclic) bond motifs is 1. The molecule has 4 heteroatoms. The fourth-order valence-electron chi connectivity index (χ4n) is 0.835. The van der Waals surface area contributed by atoms with Crippen LogP contribution in [0.25, 0.3) is 11.5 Å². The summed E-state index contributed by atoms with van der Waals surface area (Å²) < 4.78 is 4.58. The van der Waals surface area contributed by atoms with Crippen LogP contribution in [0.15, 0.2) is 17.0 Å². The minimum atomic E-state index is 0.569. The molecule has 50 valence electrons. The maximum Gasteiger partial charge on any atom is 0.218 e. The van der Waals surface area contributed by atoms with Crippen LogP contribution in [-0.4, -0.2) is 15.1 Å². The molecule has 0 amide bonds. The second-order valence-electron chi connectivity index (χ2n) is 2.04. The number of hydrogen-bond donors (Lipinski definition) is 0. The van der Waals surface area contributed by atoms with Gasteiger partial charge in [-0.1, -0.05) is 5.16 Å². The highest BCUT2D eigenvalue weighted by Gasteiger charge is 2.07. The lowest BCUT2D eigenvalue weighted by molar-refractivity contribution is 0.384. The van der Waals surface area contributed by atoms with E-state index in [1.165, 1.54) is 6.39 Å². The molecule has 4 nitrogen and oxygen atoms in total. The van der Waals surface area contributed by atoms with E-state index < -0.39 is 0 Å². The topological polar surface area (TPSA) is 51.8 Å². The molecule has 0 N–H and O–H groups in total. The summed E-state index contributed by atoms with van der Waals surface area (Å²) >= 11 is 0. The van der Waals surface area contributed by atoms with E-state index in [-0.39, 0.29) is 0 Å². The zero-order chi connectivity index (χ0) is 6.97. The van der Waals surface area contributed by atoms with Gasteiger partial charge >= 0.3 is 0 Å². The lowest BCUT2D eigenvalue weighted by Gasteiger charge is -1.86. The van der Waals surface area contributed by atoms with Gasteiger partial charge in [0.2, 0.25) is 12.2 Å². The molecule has 0 spiro atoms. The molecule has 0 atom stereocenters. The molecule has 0 unspecified atom stereocenters. The molecule has 2 heterocycles. The molecular weight excluding hydrogens is 130 g/mol. The van der Waals surface area contributed by atoms with Crippen LogP contribution in [0, 0.1) is 6.92 Å². The van der Waals surface area contributed by atoms with Crippen LogP contribution >= 0.6 is 0 Å². The van der Waals surface area contributed by atoms with Gasteiger partial charge in [0.05, 0.1) is 0 Å². The maximum atomic E-state index is 4.58. The van der Waals surface area contributed by atoms with E-state index in [1.807, 2.05) is 13.0 Å². The lowest BCUT2D eigenvalue weighted by Crippen LogP contribution is -1.84. The number of aryl methyl sites for hydroxylation is 1. The van der Waals surface area contributed by atoms with Crippen LogP contribution < -0.4 is 0 Å². The molecule has 0 saturated carbocycles. The van der Waals surface area contributed by atoms with Crippen molar-refractivity contribution in [2.75, 3.05) is 0 Å². The Balaban J connectivity index is 2.76. The third-order valence-corrected chi connectivity index (χ3v) is 1.24. The van der Waals surface area contributed by atoms with E-state index in [0.717, 1.165) is 11.4 Å². The Morgan fingerprint density at radius 1 is 1.50 bits per heavy atom. The first-order valence-electron chi connectivity index (χ1n) is 2.90. The molecule has 0 aromatic carbocycles. The highest BCUT2D eigenvalue weighted by Crippen LogP contribution is 2.14. The van der Waals surface area contributed by atoms with Crippen molar-refractivity contribution in [3.8, 4) is 11.5 Å². The van der Waals surface area contributed by atoms with Gasteiger partial charge in [0.1, 0.15) is 5.69 Å². The number of aromatic nitrogens is 3. The van der Waals surface area contributed by atoms with Crippen molar-refractivity contribution >= 4 is 0 Å². The van der Waals surface area contributed by atoms with Crippen molar-refractivity contribution in [1.29, 1.82) is 0 Å². The lowest BCUT2D eigenvalue weighted by atomic mass is 10.4. The Bertz CT molecular complexity index is 287. The van der Waals surface area contributed by atoms with E-state index in [1.54, 1.807) is 0 Å². The normalized spacial score (nSPS) is 10.5. The Labute approximate surface area is 57.2 Å². The molecule has 0 aromatic rings. The van der Waals surface area contributed by atoms with E-state index in [4.69, 9.17) is 0 Å². The summed E-state index contributed by atoms with van der Waals surface area (Å²) in [6, 6.07) is 1.86. The van der Waals surface area contributed by atoms with E-state index in [0.29, 0.717) is 5.82 Å². The number of rotatable bonds is 0. The minimum Gasteiger partial charge on any atom is -0.342 e. The zero-order valence-electron chi connectivity index (χ0n) is 5.40. The van der Waals surface area contributed by atoms with E-state index in [9.17, 15) is 0 Å². The molecule has 10 heavy (non-hydrogen) atoms. The molecule has 2 aliphatic heterocycles. The molecule has 0 radical (unpaired) electrons. The third-order valence-electron chi connectivity index (χ3n) is 1.24. The summed E-state index contributed by atoms with van der Waals surface area (Å²) in [6.07, 6.45) is 1.30. The molecule has 2 rings (SSSR count). The van der Waals surface area contributed by atoms with Crippen LogP contribution in [-0.2, 0) is 0 Å². The quantitative estimate of drug-likeness (QED) is 0.538. The summed E-state index contributed by atoms with van der Waals surface area (Å²) in [5.41, 5.74) is 1.69. The monoisotopic (exact) mass is 135 g/mol. The van der Waals surface area contributed by atoms with Crippen molar-refractivity contribution < 1.29 is 4.52 Å². The van der Waals surface area contributed by atoms with E-state index in [2.05, 4.69) is 19.6 Å². The van der Waals surface area contributed by atoms with Gasteiger partial charge in [0.25, 0.3) is 0 Å². The van der Waals surface area contributed by atoms with Crippen LogP contribution in [0.2, 0.25) is 0 Å². The van der Waals surface area contributed by atoms with Gasteiger partial charge in [0.15, 0.2) is 0 Å². The van der Waals surface area contributed by atoms with Crippen molar-refractivity contribution in [2.24, 2.45) is 0 Å². The molecule has 0 saturated heterocycles. The standard InChI is InChI=1S/C6H5N3O/c1-4-2-5-6(8-4)9-10-3-7-5/h2-3H,1H3. The Morgan fingerprint density at radius 2 is 2.40 bits per heavy atom. The van der Waals surface area contributed by atoms with Gasteiger partial charge < -0.3 is 4.52 Å². The number of hydrogen-bond acceptors (Lipinski definition) is 4. The molecule has 0 bridgehead atoms. The molecule has 2 aliphatic rings. The van der Waals surface area contributed by atoms with E-state index >= 15 is 0 Å². The number of nitrogens with zero attached hydrogens (tertiary/aromatic N) is 3. The van der Waals surface area contributed by atoms with Gasteiger partial charge in [-0.05, 0) is 13.0 Å². The Hall–Kier alpha value is -1.45. The average molecular weight is 135 g/mol. The smallest absolute Gasteiger partial charge is 0.218 e. The molecule has 0 fully saturated rings. The first-order valence-corrected chi connectivity index (χ1v) is 2.90. The third kappa shape index (κ3) is 0.655. The summed E-state index contributed by atoms with van der Waals surface area (Å²) in [4.78, 5) is 7.96. The van der Waals surface area contributed by atoms with Crippen LogP contribution in [0.1, 0.15) is 5.69 Å². The molecular formula is C6H5N3O. The van der Waals surface area contributed by atoms with Gasteiger partial charge in [0, 0.05) is 5.69 Å². The van der Waals surface area contributed by atoms with Crippen molar-refractivity contribution in [3.63, 3.8) is 0 Å². The highest BCUT2D eigenvalue weighted by atomic mass is 16.5. The largest absolute Gasteiger partial charge is 0.342 e. The summed E-state index contributed by atoms with van der Waals surface area (Å²) in [5, 5.41) is 3.65. The fraction of sp³-hybridized carbons (Fsp3) is 0.167. The SMILES string of the molecule is Cc1cc2nconc-2n1. The highest BCUT2D eigenvalue weighted by molar-refractivity contribution is 5.50. The van der Waals surface area contributed by atoms with Gasteiger partial charge in [-0.2, -0.15) is 0 Å². The summed E-state index contributed by atoms with van der Waals surface area (Å²) in [5.74, 6) is 0.569. The Morgan fingerprint density at radius 3 is 3.20 bits per heavy atom.